The number of methoxy groups -OCH3 is 2. The molecule has 1 N–H and O–H groups in total. The lowest BCUT2D eigenvalue weighted by molar-refractivity contribution is -0.173. The van der Waals surface area contributed by atoms with Crippen LogP contribution in [-0.4, -0.2) is 92.4 Å². The molecule has 2 saturated heterocycles. The molecule has 2 heterocycles. The van der Waals surface area contributed by atoms with Gasteiger partial charge in [-0.3, -0.25) is 0 Å². The molecule has 37 heavy (non-hydrogen) atoms. The molecule has 3 aliphatic rings. The van der Waals surface area contributed by atoms with Crippen LogP contribution in [0.4, 0.5) is 4.79 Å². The lowest BCUT2D eigenvalue weighted by atomic mass is 9.62. The normalized spacial score (nSPS) is 33.9. The van der Waals surface area contributed by atoms with Gasteiger partial charge in [-0.25, -0.2) is 4.79 Å². The maximum atomic E-state index is 12.8. The van der Waals surface area contributed by atoms with Gasteiger partial charge in [-0.05, 0) is 62.8 Å². The third-order valence-corrected chi connectivity index (χ3v) is 9.67. The number of hydrogen-bond acceptors (Lipinski definition) is 8. The number of amides is 1. The highest BCUT2D eigenvalue weighted by Gasteiger charge is 2.70. The van der Waals surface area contributed by atoms with E-state index in [0.29, 0.717) is 50.8 Å². The van der Waals surface area contributed by atoms with Gasteiger partial charge in [0.25, 0.3) is 0 Å². The third kappa shape index (κ3) is 6.06. The highest BCUT2D eigenvalue weighted by molar-refractivity contribution is 7.99. The molecule has 6 unspecified atom stereocenters. The van der Waals surface area contributed by atoms with Crippen LogP contribution in [0.1, 0.15) is 46.5 Å². The van der Waals surface area contributed by atoms with Crippen LogP contribution >= 0.6 is 11.8 Å². The van der Waals surface area contributed by atoms with E-state index in [4.69, 9.17) is 23.7 Å². The van der Waals surface area contributed by atoms with Gasteiger partial charge in [0.1, 0.15) is 23.6 Å². The van der Waals surface area contributed by atoms with Crippen molar-refractivity contribution in [3.63, 3.8) is 0 Å². The largest absolute Gasteiger partial charge is 0.497 e. The molecular formula is C28H43NO7S. The predicted octanol–water partition coefficient (Wildman–Crippen LogP) is 4.37. The Kier molecular flexibility index (Phi) is 9.33. The average molecular weight is 538 g/mol. The van der Waals surface area contributed by atoms with Gasteiger partial charge in [0, 0.05) is 36.3 Å². The number of thioether (sulfide) groups is 1. The summed E-state index contributed by atoms with van der Waals surface area (Å²) in [7, 11) is 3.24. The van der Waals surface area contributed by atoms with Gasteiger partial charge in [0.05, 0.1) is 32.5 Å². The minimum atomic E-state index is -0.853. The Morgan fingerprint density at radius 2 is 1.92 bits per heavy atom. The predicted molar refractivity (Wildman–Crippen MR) is 142 cm³/mol. The second-order valence-electron chi connectivity index (χ2n) is 11.0. The van der Waals surface area contributed by atoms with Crippen molar-refractivity contribution in [2.45, 2.75) is 81.4 Å². The molecule has 1 amide bonds. The van der Waals surface area contributed by atoms with Crippen molar-refractivity contribution in [2.75, 3.05) is 46.3 Å². The lowest BCUT2D eigenvalue weighted by Crippen LogP contribution is -2.62. The molecule has 9 heteroatoms. The molecule has 0 aromatic heterocycles. The molecular weight excluding hydrogens is 494 g/mol. The summed E-state index contributed by atoms with van der Waals surface area (Å²) in [4.78, 5) is 15.6. The highest BCUT2D eigenvalue weighted by atomic mass is 32.2. The number of rotatable bonds is 10. The molecule has 208 valence electrons. The van der Waals surface area contributed by atoms with E-state index in [1.807, 2.05) is 24.3 Å². The van der Waals surface area contributed by atoms with E-state index in [2.05, 4.69) is 20.8 Å². The van der Waals surface area contributed by atoms with Crippen molar-refractivity contribution in [3.05, 3.63) is 24.3 Å². The van der Waals surface area contributed by atoms with Crippen LogP contribution in [0.15, 0.2) is 29.2 Å². The van der Waals surface area contributed by atoms with Crippen LogP contribution in [-0.2, 0) is 18.9 Å². The Balaban J connectivity index is 1.53. The van der Waals surface area contributed by atoms with Crippen LogP contribution in [0.2, 0.25) is 0 Å². The summed E-state index contributed by atoms with van der Waals surface area (Å²) >= 11 is 1.71. The summed E-state index contributed by atoms with van der Waals surface area (Å²) in [6.07, 6.45) is 1.02. The van der Waals surface area contributed by atoms with Crippen LogP contribution in [0.5, 0.6) is 5.75 Å². The number of morpholine rings is 1. The van der Waals surface area contributed by atoms with E-state index in [1.165, 1.54) is 0 Å². The number of hydrogen-bond donors (Lipinski definition) is 1. The first-order chi connectivity index (χ1) is 17.7. The molecule has 1 aromatic carbocycles. The molecule has 2 aliphatic heterocycles. The summed E-state index contributed by atoms with van der Waals surface area (Å²) in [5, 5.41) is 11.9. The number of aliphatic hydroxyl groups excluding tert-OH is 1. The number of nitrogens with zero attached hydrogens (tertiary/aromatic N) is 1. The van der Waals surface area contributed by atoms with Gasteiger partial charge >= 0.3 is 6.09 Å². The topological polar surface area (TPSA) is 90.0 Å². The van der Waals surface area contributed by atoms with E-state index < -0.39 is 29.3 Å². The van der Waals surface area contributed by atoms with Crippen LogP contribution in [0.25, 0.3) is 0 Å². The fourth-order valence-corrected chi connectivity index (χ4v) is 7.19. The van der Waals surface area contributed by atoms with E-state index in [1.54, 1.807) is 30.9 Å². The van der Waals surface area contributed by atoms with E-state index in [0.717, 1.165) is 23.5 Å². The molecule has 4 rings (SSSR count). The zero-order valence-electron chi connectivity index (χ0n) is 22.8. The minimum absolute atomic E-state index is 0.0889. The molecule has 0 bridgehead atoms. The molecule has 0 radical (unpaired) electrons. The summed E-state index contributed by atoms with van der Waals surface area (Å²) in [6, 6.07) is 7.98. The lowest BCUT2D eigenvalue weighted by Gasteiger charge is -2.50. The van der Waals surface area contributed by atoms with Gasteiger partial charge in [-0.1, -0.05) is 13.8 Å². The van der Waals surface area contributed by atoms with Gasteiger partial charge < -0.3 is 33.7 Å². The maximum absolute atomic E-state index is 12.8. The Morgan fingerprint density at radius 1 is 1.22 bits per heavy atom. The van der Waals surface area contributed by atoms with Gasteiger partial charge in [-0.2, -0.15) is 0 Å². The molecule has 3 fully saturated rings. The van der Waals surface area contributed by atoms with Crippen LogP contribution in [0, 0.1) is 11.3 Å². The van der Waals surface area contributed by atoms with Crippen molar-refractivity contribution >= 4 is 17.9 Å². The number of carbonyl (C=O) groups is 1. The Bertz CT molecular complexity index is 893. The summed E-state index contributed by atoms with van der Waals surface area (Å²) in [5.41, 5.74) is -1.03. The van der Waals surface area contributed by atoms with Crippen molar-refractivity contribution in [1.29, 1.82) is 0 Å². The van der Waals surface area contributed by atoms with Crippen molar-refractivity contribution < 1.29 is 33.6 Å². The number of epoxide rings is 1. The highest BCUT2D eigenvalue weighted by Crippen LogP contribution is 2.60. The minimum Gasteiger partial charge on any atom is -0.497 e. The van der Waals surface area contributed by atoms with Crippen LogP contribution in [0.3, 0.4) is 0 Å². The number of carbonyl (C=O) groups excluding carboxylic acids is 1. The summed E-state index contributed by atoms with van der Waals surface area (Å²) in [5.74, 6) is 2.07. The first-order valence-electron chi connectivity index (χ1n) is 13.4. The first kappa shape index (κ1) is 28.5. The first-order valence-corrected chi connectivity index (χ1v) is 14.4. The monoisotopic (exact) mass is 537 g/mol. The number of aliphatic hydroxyl groups is 1. The molecule has 8 nitrogen and oxygen atoms in total. The molecule has 6 atom stereocenters. The zero-order valence-corrected chi connectivity index (χ0v) is 23.6. The number of benzene rings is 1. The van der Waals surface area contributed by atoms with E-state index >= 15 is 0 Å². The standard InChI is InChI=1S/C28H43NO7S/c1-19(2)6-11-23-27(3,36-23)28(18-37-21-9-7-20(32-4)8-10-21)13-12-22(24(33-5)25(28)30)35-26(31)29-14-16-34-17-15-29/h7-10,19,22-25,30H,6,11-18H2,1-5H3. The second kappa shape index (κ2) is 12.1. The van der Waals surface area contributed by atoms with E-state index in [9.17, 15) is 9.90 Å². The van der Waals surface area contributed by atoms with Gasteiger partial charge in [0.15, 0.2) is 0 Å². The average Bonchev–Trinajstić information content (AvgIpc) is 3.59. The van der Waals surface area contributed by atoms with Gasteiger partial charge in [-0.15, -0.1) is 11.8 Å². The number of ether oxygens (including phenoxy) is 5. The third-order valence-electron chi connectivity index (χ3n) is 8.41. The Morgan fingerprint density at radius 3 is 2.54 bits per heavy atom. The molecule has 1 saturated carbocycles. The van der Waals surface area contributed by atoms with E-state index in [-0.39, 0.29) is 12.2 Å². The molecule has 1 aromatic rings. The summed E-state index contributed by atoms with van der Waals surface area (Å²) < 4.78 is 28.8. The second-order valence-corrected chi connectivity index (χ2v) is 12.1. The Labute approximate surface area is 225 Å². The van der Waals surface area contributed by atoms with Gasteiger partial charge in [0.2, 0.25) is 0 Å². The summed E-state index contributed by atoms with van der Waals surface area (Å²) in [6.45, 7) is 8.63. The quantitative estimate of drug-likeness (QED) is 0.348. The fraction of sp³-hybridized carbons (Fsp3) is 0.750. The molecule has 0 spiro atoms. The zero-order chi connectivity index (χ0) is 26.6. The fourth-order valence-electron chi connectivity index (χ4n) is 5.83. The van der Waals surface area contributed by atoms with Crippen molar-refractivity contribution in [2.24, 2.45) is 11.3 Å². The maximum Gasteiger partial charge on any atom is 0.410 e. The molecule has 1 aliphatic carbocycles. The smallest absolute Gasteiger partial charge is 0.410 e. The Hall–Kier alpha value is -1.52. The van der Waals surface area contributed by atoms with Crippen molar-refractivity contribution in [1.82, 2.24) is 4.90 Å². The SMILES string of the molecule is COc1ccc(SCC2(C3(C)OC3CCC(C)C)CCC(OC(=O)N3CCOCC3)C(OC)C2O)cc1. The van der Waals surface area contributed by atoms with Crippen LogP contribution < -0.4 is 4.74 Å². The van der Waals surface area contributed by atoms with Crippen molar-refractivity contribution in [3.8, 4) is 5.75 Å².